The first-order valence-corrected chi connectivity index (χ1v) is 7.71. The number of likely N-dealkylation sites (tertiary alicyclic amines) is 1. The second kappa shape index (κ2) is 5.19. The van der Waals surface area contributed by atoms with E-state index >= 15 is 0 Å². The van der Waals surface area contributed by atoms with Crippen molar-refractivity contribution in [3.63, 3.8) is 0 Å². The second-order valence-electron chi connectivity index (χ2n) is 6.40. The van der Waals surface area contributed by atoms with E-state index in [0.29, 0.717) is 18.0 Å². The van der Waals surface area contributed by atoms with Gasteiger partial charge in [-0.05, 0) is 17.7 Å². The summed E-state index contributed by atoms with van der Waals surface area (Å²) in [6, 6.07) is 3.97. The maximum Gasteiger partial charge on any atom is 0.410 e. The number of nitrogens with zero attached hydrogens (tertiary/aromatic N) is 2. The van der Waals surface area contributed by atoms with E-state index in [2.05, 4.69) is 4.90 Å². The molecule has 124 valence electrons. The summed E-state index contributed by atoms with van der Waals surface area (Å²) in [5, 5.41) is 0. The standard InChI is InChI=1S/C16H20N2O5/c1-17-8-16(23-15(17)19)3-4-18(9-16)7-11-5-12(20-2)14-13(6-11)21-10-22-14/h5-6H,3-4,7-10H2,1-2H3/t16-/m0/s1. The van der Waals surface area contributed by atoms with Crippen molar-refractivity contribution >= 4 is 6.09 Å². The summed E-state index contributed by atoms with van der Waals surface area (Å²) in [6.07, 6.45) is 0.640. The number of carbonyl (C=O) groups excluding carboxylic acids is 1. The number of fused-ring (bicyclic) bond motifs is 1. The zero-order valence-electron chi connectivity index (χ0n) is 13.3. The third kappa shape index (κ3) is 2.45. The third-order valence-corrected chi connectivity index (χ3v) is 4.66. The van der Waals surface area contributed by atoms with Gasteiger partial charge in [-0.3, -0.25) is 4.90 Å². The van der Waals surface area contributed by atoms with Gasteiger partial charge in [0.2, 0.25) is 12.5 Å². The molecule has 3 aliphatic rings. The first kappa shape index (κ1) is 14.4. The predicted octanol–water partition coefficient (Wildman–Crippen LogP) is 1.45. The van der Waals surface area contributed by atoms with Gasteiger partial charge in [-0.1, -0.05) is 0 Å². The minimum atomic E-state index is -0.355. The van der Waals surface area contributed by atoms with Crippen LogP contribution in [-0.2, 0) is 11.3 Å². The zero-order chi connectivity index (χ0) is 16.0. The number of amides is 1. The van der Waals surface area contributed by atoms with Crippen molar-refractivity contribution in [1.29, 1.82) is 0 Å². The highest BCUT2D eigenvalue weighted by molar-refractivity contribution is 5.70. The number of benzene rings is 1. The van der Waals surface area contributed by atoms with E-state index in [-0.39, 0.29) is 18.5 Å². The first-order chi connectivity index (χ1) is 11.1. The van der Waals surface area contributed by atoms with Crippen molar-refractivity contribution in [3.05, 3.63) is 17.7 Å². The van der Waals surface area contributed by atoms with E-state index in [0.717, 1.165) is 37.4 Å². The minimum absolute atomic E-state index is 0.225. The Morgan fingerprint density at radius 1 is 1.30 bits per heavy atom. The van der Waals surface area contributed by atoms with E-state index in [4.69, 9.17) is 18.9 Å². The molecular weight excluding hydrogens is 300 g/mol. The molecule has 1 atom stereocenters. The number of methoxy groups -OCH3 is 1. The molecule has 3 heterocycles. The molecule has 23 heavy (non-hydrogen) atoms. The number of rotatable bonds is 3. The summed E-state index contributed by atoms with van der Waals surface area (Å²) in [7, 11) is 3.40. The van der Waals surface area contributed by atoms with Gasteiger partial charge in [-0.25, -0.2) is 4.79 Å². The van der Waals surface area contributed by atoms with E-state index in [1.807, 2.05) is 12.1 Å². The topological polar surface area (TPSA) is 60.5 Å². The van der Waals surface area contributed by atoms with E-state index < -0.39 is 0 Å². The maximum atomic E-state index is 11.6. The Morgan fingerprint density at radius 2 is 2.17 bits per heavy atom. The molecule has 1 aromatic carbocycles. The quantitative estimate of drug-likeness (QED) is 0.840. The van der Waals surface area contributed by atoms with Crippen LogP contribution in [0.5, 0.6) is 17.2 Å². The van der Waals surface area contributed by atoms with Crippen LogP contribution >= 0.6 is 0 Å². The normalized spacial score (nSPS) is 26.2. The van der Waals surface area contributed by atoms with Crippen LogP contribution in [0.25, 0.3) is 0 Å². The van der Waals surface area contributed by atoms with Gasteiger partial charge >= 0.3 is 6.09 Å². The molecule has 7 heteroatoms. The molecular formula is C16H20N2O5. The Balaban J connectivity index is 1.49. The van der Waals surface area contributed by atoms with E-state index in [9.17, 15) is 4.79 Å². The Hall–Kier alpha value is -2.15. The van der Waals surface area contributed by atoms with Crippen LogP contribution in [0.4, 0.5) is 4.79 Å². The Labute approximate surface area is 134 Å². The SMILES string of the molecule is COc1cc(CN2CC[C@@]3(C2)CN(C)C(=O)O3)cc2c1OCO2. The van der Waals surface area contributed by atoms with Crippen LogP contribution in [0.2, 0.25) is 0 Å². The third-order valence-electron chi connectivity index (χ3n) is 4.66. The molecule has 2 fully saturated rings. The first-order valence-electron chi connectivity index (χ1n) is 7.71. The van der Waals surface area contributed by atoms with Crippen LogP contribution < -0.4 is 14.2 Å². The lowest BCUT2D eigenvalue weighted by molar-refractivity contribution is 0.0627. The van der Waals surface area contributed by atoms with Crippen LogP contribution in [-0.4, -0.2) is 62.1 Å². The number of hydrogen-bond acceptors (Lipinski definition) is 6. The van der Waals surface area contributed by atoms with Gasteiger partial charge in [0.25, 0.3) is 0 Å². The van der Waals surface area contributed by atoms with Crippen LogP contribution in [0.15, 0.2) is 12.1 Å². The number of carbonyl (C=O) groups is 1. The predicted molar refractivity (Wildman–Crippen MR) is 80.9 cm³/mol. The molecule has 1 aromatic rings. The lowest BCUT2D eigenvalue weighted by Crippen LogP contribution is -2.37. The fraction of sp³-hybridized carbons (Fsp3) is 0.562. The number of ether oxygens (including phenoxy) is 4. The summed E-state index contributed by atoms with van der Waals surface area (Å²) < 4.78 is 21.9. The summed E-state index contributed by atoms with van der Waals surface area (Å²) in [6.45, 7) is 3.30. The minimum Gasteiger partial charge on any atom is -0.493 e. The van der Waals surface area contributed by atoms with Crippen LogP contribution in [0.1, 0.15) is 12.0 Å². The Kier molecular flexibility index (Phi) is 3.26. The molecule has 0 N–H and O–H groups in total. The molecule has 0 bridgehead atoms. The summed E-state index contributed by atoms with van der Waals surface area (Å²) in [4.78, 5) is 15.6. The van der Waals surface area contributed by atoms with Crippen molar-refractivity contribution in [1.82, 2.24) is 9.80 Å². The highest BCUT2D eigenvalue weighted by Gasteiger charge is 2.48. The monoisotopic (exact) mass is 320 g/mol. The van der Waals surface area contributed by atoms with Crippen molar-refractivity contribution in [2.24, 2.45) is 0 Å². The summed E-state index contributed by atoms with van der Waals surface area (Å²) >= 11 is 0. The molecule has 0 saturated carbocycles. The molecule has 2 saturated heterocycles. The van der Waals surface area contributed by atoms with Gasteiger partial charge in [0.15, 0.2) is 11.5 Å². The van der Waals surface area contributed by atoms with Gasteiger partial charge in [-0.2, -0.15) is 0 Å². The summed E-state index contributed by atoms with van der Waals surface area (Å²) in [5.74, 6) is 2.08. The van der Waals surface area contributed by atoms with Crippen LogP contribution in [0, 0.1) is 0 Å². The smallest absolute Gasteiger partial charge is 0.410 e. The maximum absolute atomic E-state index is 11.6. The van der Waals surface area contributed by atoms with Crippen molar-refractivity contribution in [2.75, 3.05) is 40.6 Å². The van der Waals surface area contributed by atoms with Crippen molar-refractivity contribution < 1.29 is 23.7 Å². The van der Waals surface area contributed by atoms with E-state index in [1.165, 1.54) is 0 Å². The molecule has 1 spiro atoms. The summed E-state index contributed by atoms with van der Waals surface area (Å²) in [5.41, 5.74) is 0.743. The Bertz CT molecular complexity index is 650. The zero-order valence-corrected chi connectivity index (χ0v) is 13.3. The molecule has 0 aliphatic carbocycles. The molecule has 1 amide bonds. The lowest BCUT2D eigenvalue weighted by atomic mass is 10.0. The molecule has 0 aromatic heterocycles. The van der Waals surface area contributed by atoms with Gasteiger partial charge < -0.3 is 23.8 Å². The number of likely N-dealkylation sites (N-methyl/N-ethyl adjacent to an activating group) is 1. The van der Waals surface area contributed by atoms with Gasteiger partial charge in [-0.15, -0.1) is 0 Å². The largest absolute Gasteiger partial charge is 0.493 e. The average Bonchev–Trinajstić information content (AvgIpc) is 3.19. The number of hydrogen-bond donors (Lipinski definition) is 0. The van der Waals surface area contributed by atoms with Gasteiger partial charge in [0.05, 0.1) is 13.7 Å². The van der Waals surface area contributed by atoms with Crippen molar-refractivity contribution in [3.8, 4) is 17.2 Å². The van der Waals surface area contributed by atoms with E-state index in [1.54, 1.807) is 19.1 Å². The van der Waals surface area contributed by atoms with Gasteiger partial charge in [0, 0.05) is 33.1 Å². The molecule has 0 unspecified atom stereocenters. The van der Waals surface area contributed by atoms with Crippen LogP contribution in [0.3, 0.4) is 0 Å². The molecule has 7 nitrogen and oxygen atoms in total. The molecule has 4 rings (SSSR count). The fourth-order valence-electron chi connectivity index (χ4n) is 3.60. The average molecular weight is 320 g/mol. The molecule has 0 radical (unpaired) electrons. The fourth-order valence-corrected chi connectivity index (χ4v) is 3.60. The second-order valence-corrected chi connectivity index (χ2v) is 6.40. The highest BCUT2D eigenvalue weighted by Crippen LogP contribution is 2.42. The Morgan fingerprint density at radius 3 is 2.91 bits per heavy atom. The highest BCUT2D eigenvalue weighted by atomic mass is 16.7. The lowest BCUT2D eigenvalue weighted by Gasteiger charge is -2.22. The molecule has 3 aliphatic heterocycles. The van der Waals surface area contributed by atoms with Gasteiger partial charge in [0.1, 0.15) is 5.60 Å². The van der Waals surface area contributed by atoms with Crippen molar-refractivity contribution in [2.45, 2.75) is 18.6 Å².